The maximum absolute atomic E-state index is 13.5. The van der Waals surface area contributed by atoms with Crippen molar-refractivity contribution in [3.63, 3.8) is 0 Å². The van der Waals surface area contributed by atoms with E-state index in [4.69, 9.17) is 4.74 Å². The Hall–Kier alpha value is -3.06. The smallest absolute Gasteiger partial charge is 0.291 e. The number of quaternary nitrogens is 1. The zero-order valence-electron chi connectivity index (χ0n) is 17.8. The summed E-state index contributed by atoms with van der Waals surface area (Å²) in [5.74, 6) is -2.04. The number of aryl methyl sites for hydroxylation is 1. The van der Waals surface area contributed by atoms with Gasteiger partial charge in [0.05, 0.1) is 33.8 Å². The largest absolute Gasteiger partial charge is 0.497 e. The van der Waals surface area contributed by atoms with E-state index in [9.17, 15) is 14.4 Å². The van der Waals surface area contributed by atoms with Crippen molar-refractivity contribution in [1.29, 1.82) is 0 Å². The third kappa shape index (κ3) is 4.26. The van der Waals surface area contributed by atoms with E-state index >= 15 is 0 Å². The lowest BCUT2D eigenvalue weighted by molar-refractivity contribution is -0.858. The molecule has 0 aliphatic carbocycles. The summed E-state index contributed by atoms with van der Waals surface area (Å²) in [6, 6.07) is 8.03. The van der Waals surface area contributed by atoms with Crippen molar-refractivity contribution in [3.8, 4) is 5.75 Å². The molecule has 1 aliphatic heterocycles. The maximum Gasteiger partial charge on any atom is 0.291 e. The summed E-state index contributed by atoms with van der Waals surface area (Å²) in [5.41, 5.74) is 1.83. The number of ketones is 2. The predicted molar refractivity (Wildman–Crippen MR) is 112 cm³/mol. The number of pyridine rings is 1. The van der Waals surface area contributed by atoms with Crippen LogP contribution in [0, 0.1) is 12.8 Å². The van der Waals surface area contributed by atoms with E-state index < -0.39 is 23.7 Å². The molecule has 30 heavy (non-hydrogen) atoms. The van der Waals surface area contributed by atoms with Gasteiger partial charge >= 0.3 is 0 Å². The van der Waals surface area contributed by atoms with Gasteiger partial charge in [-0.1, -0.05) is 6.07 Å². The summed E-state index contributed by atoms with van der Waals surface area (Å²) in [6.07, 6.45) is 3.99. The molecule has 1 aromatic heterocycles. The van der Waals surface area contributed by atoms with E-state index in [1.165, 1.54) is 4.90 Å². The number of likely N-dealkylation sites (tertiary alicyclic amines) is 1. The number of hydrogen-bond donors (Lipinski definition) is 1. The highest BCUT2D eigenvalue weighted by Gasteiger charge is 2.51. The zero-order chi connectivity index (χ0) is 21.8. The van der Waals surface area contributed by atoms with Crippen LogP contribution in [0.3, 0.4) is 0 Å². The average Bonchev–Trinajstić information content (AvgIpc) is 2.98. The van der Waals surface area contributed by atoms with Crippen molar-refractivity contribution in [2.75, 3.05) is 34.3 Å². The van der Waals surface area contributed by atoms with Gasteiger partial charge in [-0.2, -0.15) is 0 Å². The number of methoxy groups -OCH3 is 1. The highest BCUT2D eigenvalue weighted by Crippen LogP contribution is 2.38. The third-order valence-corrected chi connectivity index (χ3v) is 5.49. The lowest BCUT2D eigenvalue weighted by Gasteiger charge is -2.27. The number of benzene rings is 1. The van der Waals surface area contributed by atoms with Crippen LogP contribution in [0.15, 0.2) is 42.7 Å². The Balaban J connectivity index is 1.99. The number of carbonyl (C=O) groups excluding carboxylic acids is 3. The fourth-order valence-electron chi connectivity index (χ4n) is 3.96. The molecule has 0 bridgehead atoms. The van der Waals surface area contributed by atoms with Crippen molar-refractivity contribution in [2.24, 2.45) is 5.92 Å². The van der Waals surface area contributed by atoms with Gasteiger partial charge in [-0.25, -0.2) is 0 Å². The van der Waals surface area contributed by atoms with Crippen LogP contribution in [0.4, 0.5) is 0 Å². The van der Waals surface area contributed by atoms with Gasteiger partial charge in [0.1, 0.15) is 11.7 Å². The summed E-state index contributed by atoms with van der Waals surface area (Å²) in [4.78, 5) is 46.3. The van der Waals surface area contributed by atoms with Crippen LogP contribution in [0.2, 0.25) is 0 Å². The van der Waals surface area contributed by atoms with Crippen LogP contribution in [0.25, 0.3) is 0 Å². The second-order valence-electron chi connectivity index (χ2n) is 7.93. The number of nitrogens with zero attached hydrogens (tertiary/aromatic N) is 2. The maximum atomic E-state index is 13.5. The Bertz CT molecular complexity index is 943. The Kier molecular flexibility index (Phi) is 6.62. The van der Waals surface area contributed by atoms with Crippen molar-refractivity contribution in [3.05, 3.63) is 59.4 Å². The summed E-state index contributed by atoms with van der Waals surface area (Å²) >= 11 is 0. The molecule has 1 fully saturated rings. The molecular weight excluding hydrogens is 382 g/mol. The van der Waals surface area contributed by atoms with Crippen LogP contribution < -0.4 is 9.64 Å². The molecule has 2 unspecified atom stereocenters. The molecule has 1 amide bonds. The molecule has 7 nitrogen and oxygen atoms in total. The van der Waals surface area contributed by atoms with Crippen LogP contribution >= 0.6 is 0 Å². The first-order valence-electron chi connectivity index (χ1n) is 10.1. The Morgan fingerprint density at radius 1 is 1.23 bits per heavy atom. The Morgan fingerprint density at radius 3 is 2.60 bits per heavy atom. The first-order valence-corrected chi connectivity index (χ1v) is 10.1. The van der Waals surface area contributed by atoms with Gasteiger partial charge in [-0.3, -0.25) is 19.4 Å². The molecule has 1 aliphatic rings. The predicted octanol–water partition coefficient (Wildman–Crippen LogP) is 0.885. The fourth-order valence-corrected chi connectivity index (χ4v) is 3.96. The molecular formula is C23H28N3O4+. The molecule has 0 radical (unpaired) electrons. The normalized spacial score (nSPS) is 18.9. The minimum Gasteiger partial charge on any atom is -0.497 e. The lowest BCUT2D eigenvalue weighted by atomic mass is 9.85. The van der Waals surface area contributed by atoms with Gasteiger partial charge in [-0.15, -0.1) is 0 Å². The average molecular weight is 410 g/mol. The van der Waals surface area contributed by atoms with E-state index in [1.807, 2.05) is 20.2 Å². The summed E-state index contributed by atoms with van der Waals surface area (Å²) in [5, 5.41) is 0. The number of aromatic nitrogens is 1. The number of rotatable bonds is 8. The number of carbonyl (C=O) groups is 3. The molecule has 1 saturated heterocycles. The zero-order valence-corrected chi connectivity index (χ0v) is 17.8. The SMILES string of the molecule is COc1ccc(C(=O)C2C(=O)C(=O)N(CCC[NH+](C)C)C2c2cccnc2)c(C)c1. The van der Waals surface area contributed by atoms with E-state index in [0.717, 1.165) is 13.0 Å². The quantitative estimate of drug-likeness (QED) is 0.397. The minimum atomic E-state index is -1.08. The number of ether oxygens (including phenoxy) is 1. The number of Topliss-reactive ketones (excluding diaryl/α,β-unsaturated/α-hetero) is 2. The monoisotopic (exact) mass is 410 g/mol. The Labute approximate surface area is 176 Å². The molecule has 1 aromatic carbocycles. The molecule has 0 spiro atoms. The van der Waals surface area contributed by atoms with Gasteiger partial charge in [0.25, 0.3) is 5.91 Å². The number of hydrogen-bond acceptors (Lipinski definition) is 5. The fraction of sp³-hybridized carbons (Fsp3) is 0.391. The molecule has 158 valence electrons. The van der Waals surface area contributed by atoms with E-state index in [2.05, 4.69) is 4.98 Å². The molecule has 2 heterocycles. The number of amides is 1. The van der Waals surface area contributed by atoms with Gasteiger partial charge in [0, 0.05) is 30.9 Å². The lowest BCUT2D eigenvalue weighted by Crippen LogP contribution is -3.05. The molecule has 2 atom stereocenters. The van der Waals surface area contributed by atoms with Crippen molar-refractivity contribution >= 4 is 17.5 Å². The highest BCUT2D eigenvalue weighted by molar-refractivity contribution is 6.44. The molecule has 0 saturated carbocycles. The van der Waals surface area contributed by atoms with Crippen molar-refractivity contribution < 1.29 is 24.0 Å². The highest BCUT2D eigenvalue weighted by atomic mass is 16.5. The molecule has 1 N–H and O–H groups in total. The van der Waals surface area contributed by atoms with Crippen LogP contribution in [-0.4, -0.2) is 61.7 Å². The number of nitrogens with one attached hydrogen (secondary N) is 1. The summed E-state index contributed by atoms with van der Waals surface area (Å²) < 4.78 is 5.21. The summed E-state index contributed by atoms with van der Waals surface area (Å²) in [7, 11) is 5.63. The van der Waals surface area contributed by atoms with Crippen molar-refractivity contribution in [2.45, 2.75) is 19.4 Å². The van der Waals surface area contributed by atoms with E-state index in [0.29, 0.717) is 29.0 Å². The van der Waals surface area contributed by atoms with Gasteiger partial charge in [0.2, 0.25) is 5.78 Å². The first kappa shape index (κ1) is 21.6. The second kappa shape index (κ2) is 9.17. The van der Waals surface area contributed by atoms with Gasteiger partial charge in [0.15, 0.2) is 5.78 Å². The summed E-state index contributed by atoms with van der Waals surface area (Å²) in [6.45, 7) is 3.07. The molecule has 3 rings (SSSR count). The van der Waals surface area contributed by atoms with Crippen LogP contribution in [-0.2, 0) is 9.59 Å². The minimum absolute atomic E-state index is 0.344. The van der Waals surface area contributed by atoms with E-state index in [-0.39, 0.29) is 5.78 Å². The van der Waals surface area contributed by atoms with Gasteiger partial charge in [-0.05, 0) is 42.3 Å². The van der Waals surface area contributed by atoms with Crippen LogP contribution in [0.5, 0.6) is 5.75 Å². The van der Waals surface area contributed by atoms with Gasteiger partial charge < -0.3 is 14.5 Å². The first-order chi connectivity index (χ1) is 14.3. The second-order valence-corrected chi connectivity index (χ2v) is 7.93. The van der Waals surface area contributed by atoms with Crippen LogP contribution in [0.1, 0.15) is 33.9 Å². The molecule has 7 heteroatoms. The third-order valence-electron chi connectivity index (χ3n) is 5.49. The van der Waals surface area contributed by atoms with E-state index in [1.54, 1.807) is 55.6 Å². The standard InChI is InChI=1S/C23H27N3O4/c1-15-13-17(30-4)8-9-18(15)21(27)19-20(16-7-5-10-24-14-16)26(23(29)22(19)28)12-6-11-25(2)3/h5,7-10,13-14,19-20H,6,11-12H2,1-4H3/p+1. The topological polar surface area (TPSA) is 81.0 Å². The molecule has 2 aromatic rings. The van der Waals surface area contributed by atoms with Crippen molar-refractivity contribution in [1.82, 2.24) is 9.88 Å². The Morgan fingerprint density at radius 2 is 2.00 bits per heavy atom.